The van der Waals surface area contributed by atoms with Crippen LogP contribution in [0.5, 0.6) is 0 Å². The van der Waals surface area contributed by atoms with Gasteiger partial charge in [-0.3, -0.25) is 10.2 Å². The van der Waals surface area contributed by atoms with Gasteiger partial charge in [-0.05, 0) is 61.6 Å². The van der Waals surface area contributed by atoms with E-state index in [9.17, 15) is 4.79 Å². The second-order valence-electron chi connectivity index (χ2n) is 7.54. The van der Waals surface area contributed by atoms with Crippen LogP contribution in [0.1, 0.15) is 34.3 Å². The Morgan fingerprint density at radius 1 is 1.10 bits per heavy atom. The molecule has 0 saturated carbocycles. The van der Waals surface area contributed by atoms with Crippen molar-refractivity contribution >= 4 is 51.5 Å². The first-order chi connectivity index (χ1) is 14.0. The van der Waals surface area contributed by atoms with Gasteiger partial charge in [0.2, 0.25) is 5.55 Å². The predicted molar refractivity (Wildman–Crippen MR) is 115 cm³/mol. The number of nitrogens with one attached hydrogen (secondary N) is 2. The van der Waals surface area contributed by atoms with E-state index >= 15 is 0 Å². The van der Waals surface area contributed by atoms with Crippen molar-refractivity contribution in [3.05, 3.63) is 62.6 Å². The molecule has 0 spiro atoms. The van der Waals surface area contributed by atoms with Gasteiger partial charge in [0.05, 0.1) is 10.7 Å². The molecule has 2 aliphatic rings. The summed E-state index contributed by atoms with van der Waals surface area (Å²) in [5, 5.41) is 12.8. The topological polar surface area (TPSA) is 69.3 Å². The van der Waals surface area contributed by atoms with Gasteiger partial charge in [0.15, 0.2) is 0 Å². The fourth-order valence-corrected chi connectivity index (χ4v) is 4.75. The average Bonchev–Trinajstić information content (AvgIpc) is 2.71. The Kier molecular flexibility index (Phi) is 4.52. The van der Waals surface area contributed by atoms with Crippen LogP contribution in [-0.4, -0.2) is 19.0 Å². The molecule has 0 saturated heterocycles. The number of aryl methyl sites for hydroxylation is 2. The SMILES string of the molecule is N=c1oc2c3c4c(cc2cc1C(=O)Nc1cc(Cl)ccc1Cl)CCCN4CCC3. The molecule has 29 heavy (non-hydrogen) atoms. The van der Waals surface area contributed by atoms with Gasteiger partial charge in [-0.25, -0.2) is 0 Å². The summed E-state index contributed by atoms with van der Waals surface area (Å²) in [7, 11) is 0. The Hall–Kier alpha value is -2.50. The van der Waals surface area contributed by atoms with Crippen molar-refractivity contribution in [2.45, 2.75) is 25.7 Å². The number of nitrogens with zero attached hydrogens (tertiary/aromatic N) is 1. The molecule has 2 aliphatic heterocycles. The Labute approximate surface area is 177 Å². The van der Waals surface area contributed by atoms with Crippen molar-refractivity contribution in [3.8, 4) is 0 Å². The van der Waals surface area contributed by atoms with E-state index in [0.29, 0.717) is 15.7 Å². The van der Waals surface area contributed by atoms with Crippen LogP contribution in [0.15, 0.2) is 34.7 Å². The van der Waals surface area contributed by atoms with Gasteiger partial charge in [-0.2, -0.15) is 0 Å². The van der Waals surface area contributed by atoms with E-state index in [1.165, 1.54) is 16.8 Å². The lowest BCUT2D eigenvalue weighted by Crippen LogP contribution is -2.34. The molecule has 0 aliphatic carbocycles. The highest BCUT2D eigenvalue weighted by Crippen LogP contribution is 2.39. The van der Waals surface area contributed by atoms with Crippen LogP contribution in [0, 0.1) is 5.41 Å². The maximum absolute atomic E-state index is 12.8. The van der Waals surface area contributed by atoms with Crippen molar-refractivity contribution in [1.82, 2.24) is 0 Å². The highest BCUT2D eigenvalue weighted by Gasteiger charge is 2.27. The zero-order chi connectivity index (χ0) is 20.1. The second kappa shape index (κ2) is 7.08. The van der Waals surface area contributed by atoms with Crippen molar-refractivity contribution < 1.29 is 9.21 Å². The molecular weight excluding hydrogens is 409 g/mol. The van der Waals surface area contributed by atoms with Crippen LogP contribution in [0.25, 0.3) is 11.0 Å². The Morgan fingerprint density at radius 2 is 1.90 bits per heavy atom. The highest BCUT2D eigenvalue weighted by molar-refractivity contribution is 6.35. The minimum absolute atomic E-state index is 0.155. The third-order valence-electron chi connectivity index (χ3n) is 5.67. The summed E-state index contributed by atoms with van der Waals surface area (Å²) in [6.45, 7) is 2.14. The molecule has 0 unspecified atom stereocenters. The summed E-state index contributed by atoms with van der Waals surface area (Å²) < 4.78 is 5.90. The molecule has 3 aromatic rings. The summed E-state index contributed by atoms with van der Waals surface area (Å²) in [6, 6.07) is 8.71. The molecular formula is C22H19Cl2N3O2. The lowest BCUT2D eigenvalue weighted by molar-refractivity contribution is 0.102. The van der Waals surface area contributed by atoms with Gasteiger partial charge in [0.25, 0.3) is 5.91 Å². The first-order valence-corrected chi connectivity index (χ1v) is 10.5. The normalized spacial score (nSPS) is 15.3. The Balaban J connectivity index is 1.60. The smallest absolute Gasteiger partial charge is 0.261 e. The van der Waals surface area contributed by atoms with Crippen molar-refractivity contribution in [2.24, 2.45) is 0 Å². The van der Waals surface area contributed by atoms with E-state index in [1.807, 2.05) is 0 Å². The zero-order valence-corrected chi connectivity index (χ0v) is 17.2. The molecule has 7 heteroatoms. The molecule has 2 N–H and O–H groups in total. The highest BCUT2D eigenvalue weighted by atomic mass is 35.5. The van der Waals surface area contributed by atoms with Crippen molar-refractivity contribution in [3.63, 3.8) is 0 Å². The number of hydrogen-bond acceptors (Lipinski definition) is 4. The molecule has 0 fully saturated rings. The number of anilines is 2. The number of carbonyl (C=O) groups is 1. The molecule has 2 aromatic carbocycles. The van der Waals surface area contributed by atoms with E-state index in [-0.39, 0.29) is 11.1 Å². The fraction of sp³-hybridized carbons (Fsp3) is 0.273. The van der Waals surface area contributed by atoms with Gasteiger partial charge in [0.1, 0.15) is 11.1 Å². The average molecular weight is 428 g/mol. The number of rotatable bonds is 2. The summed E-state index contributed by atoms with van der Waals surface area (Å²) in [5.74, 6) is -0.446. The van der Waals surface area contributed by atoms with Gasteiger partial charge < -0.3 is 14.6 Å². The van der Waals surface area contributed by atoms with Crippen LogP contribution in [-0.2, 0) is 12.8 Å². The fourth-order valence-electron chi connectivity index (χ4n) is 4.41. The van der Waals surface area contributed by atoms with Gasteiger partial charge in [-0.1, -0.05) is 23.2 Å². The van der Waals surface area contributed by atoms with Crippen LogP contribution >= 0.6 is 23.2 Å². The number of halogens is 2. The molecule has 0 bridgehead atoms. The molecule has 148 valence electrons. The van der Waals surface area contributed by atoms with E-state index < -0.39 is 5.91 Å². The first-order valence-electron chi connectivity index (χ1n) is 9.70. The summed E-state index contributed by atoms with van der Waals surface area (Å²) in [5.41, 5.74) is 4.89. The Morgan fingerprint density at radius 3 is 2.72 bits per heavy atom. The quantitative estimate of drug-likeness (QED) is 0.592. The predicted octanol–water partition coefficient (Wildman–Crippen LogP) is 5.17. The number of hydrogen-bond donors (Lipinski definition) is 2. The minimum Gasteiger partial charge on any atom is -0.438 e. The number of carbonyl (C=O) groups excluding carboxylic acids is 1. The third kappa shape index (κ3) is 3.18. The minimum atomic E-state index is -0.446. The van der Waals surface area contributed by atoms with E-state index in [4.69, 9.17) is 33.0 Å². The largest absolute Gasteiger partial charge is 0.438 e. The standard InChI is InChI=1S/C22H19Cl2N3O2/c23-14-5-6-17(24)18(11-14)26-22(28)16-10-13-9-12-3-1-7-27-8-2-4-15(19(12)27)20(13)29-21(16)25/h5-6,9-11,25H,1-4,7-8H2,(H,26,28). The maximum Gasteiger partial charge on any atom is 0.261 e. The molecule has 5 rings (SSSR count). The number of amides is 1. The summed E-state index contributed by atoms with van der Waals surface area (Å²) >= 11 is 12.2. The van der Waals surface area contributed by atoms with Crippen LogP contribution in [0.2, 0.25) is 10.0 Å². The molecule has 0 atom stereocenters. The van der Waals surface area contributed by atoms with Crippen LogP contribution in [0.3, 0.4) is 0 Å². The van der Waals surface area contributed by atoms with E-state index in [0.717, 1.165) is 49.7 Å². The van der Waals surface area contributed by atoms with Crippen molar-refractivity contribution in [2.75, 3.05) is 23.3 Å². The van der Waals surface area contributed by atoms with E-state index in [1.54, 1.807) is 24.3 Å². The van der Waals surface area contributed by atoms with Crippen LogP contribution < -0.4 is 15.8 Å². The zero-order valence-electron chi connectivity index (χ0n) is 15.6. The van der Waals surface area contributed by atoms with Gasteiger partial charge >= 0.3 is 0 Å². The van der Waals surface area contributed by atoms with Crippen molar-refractivity contribution in [1.29, 1.82) is 5.41 Å². The maximum atomic E-state index is 12.8. The molecule has 5 nitrogen and oxygen atoms in total. The van der Waals surface area contributed by atoms with E-state index in [2.05, 4.69) is 16.3 Å². The lowest BCUT2D eigenvalue weighted by Gasteiger charge is -2.37. The molecule has 1 amide bonds. The summed E-state index contributed by atoms with van der Waals surface area (Å²) in [4.78, 5) is 15.3. The number of benzene rings is 2. The molecule has 0 radical (unpaired) electrons. The molecule has 3 heterocycles. The Bertz CT molecular complexity index is 1220. The second-order valence-corrected chi connectivity index (χ2v) is 8.39. The monoisotopic (exact) mass is 427 g/mol. The van der Waals surface area contributed by atoms with Gasteiger partial charge in [0, 0.05) is 34.7 Å². The third-order valence-corrected chi connectivity index (χ3v) is 6.24. The van der Waals surface area contributed by atoms with Gasteiger partial charge in [-0.15, -0.1) is 0 Å². The first kappa shape index (κ1) is 18.5. The van der Waals surface area contributed by atoms with Crippen LogP contribution in [0.4, 0.5) is 11.4 Å². The summed E-state index contributed by atoms with van der Waals surface area (Å²) in [6.07, 6.45) is 4.16. The lowest BCUT2D eigenvalue weighted by atomic mass is 9.90. The molecule has 1 aromatic heterocycles. The number of fused-ring (bicyclic) bond motifs is 2.